The second kappa shape index (κ2) is 10.9. The van der Waals surface area contributed by atoms with Gasteiger partial charge in [0.05, 0.1) is 23.1 Å². The minimum Gasteiger partial charge on any atom is -0.479 e. The van der Waals surface area contributed by atoms with E-state index in [4.69, 9.17) is 21.1 Å². The lowest BCUT2D eigenvalue weighted by Crippen LogP contribution is -2.33. The first-order valence-electron chi connectivity index (χ1n) is 11.4. The van der Waals surface area contributed by atoms with E-state index < -0.39 is 45.2 Å². The highest BCUT2D eigenvalue weighted by Gasteiger charge is 2.43. The zero-order valence-corrected chi connectivity index (χ0v) is 22.1. The third-order valence-electron chi connectivity index (χ3n) is 6.60. The number of hydrogen-bond acceptors (Lipinski definition) is 10. The Hall–Kier alpha value is -2.84. The molecule has 1 fully saturated rings. The highest BCUT2D eigenvalue weighted by Crippen LogP contribution is 2.46. The number of alkyl halides is 2. The smallest absolute Gasteiger partial charge is 0.242 e. The molecule has 0 N–H and O–H groups in total. The Morgan fingerprint density at radius 1 is 1.14 bits per heavy atom. The van der Waals surface area contributed by atoms with Gasteiger partial charge in [0.25, 0.3) is 0 Å². The third-order valence-corrected chi connectivity index (χ3v) is 8.83. The SMILES string of the molecule is COc1ncnc(C)c1-n1c(CS(=O)(=O)[C@@H](C)[C@H](OC)c2ncc(Cl)cn2)nnc1C1CC[C@@H]1C(F)F. The van der Waals surface area contributed by atoms with Crippen molar-refractivity contribution in [1.29, 1.82) is 0 Å². The fraction of sp³-hybridized carbons (Fsp3) is 0.545. The molecule has 3 aromatic heterocycles. The van der Waals surface area contributed by atoms with Crippen molar-refractivity contribution in [3.8, 4) is 11.6 Å². The van der Waals surface area contributed by atoms with Gasteiger partial charge in [0.1, 0.15) is 29.7 Å². The summed E-state index contributed by atoms with van der Waals surface area (Å²) in [5, 5.41) is 7.50. The van der Waals surface area contributed by atoms with Crippen molar-refractivity contribution in [3.63, 3.8) is 0 Å². The summed E-state index contributed by atoms with van der Waals surface area (Å²) in [6.45, 7) is 3.15. The van der Waals surface area contributed by atoms with Crippen LogP contribution in [0, 0.1) is 12.8 Å². The molecule has 3 aromatic rings. The van der Waals surface area contributed by atoms with Crippen LogP contribution >= 0.6 is 11.6 Å². The van der Waals surface area contributed by atoms with Crippen molar-refractivity contribution in [2.45, 2.75) is 56.1 Å². The maximum atomic E-state index is 13.6. The molecule has 0 saturated heterocycles. The maximum Gasteiger partial charge on any atom is 0.242 e. The van der Waals surface area contributed by atoms with Crippen LogP contribution in [0.25, 0.3) is 5.69 Å². The van der Waals surface area contributed by atoms with Crippen molar-refractivity contribution in [2.75, 3.05) is 14.2 Å². The number of sulfone groups is 1. The molecule has 0 aliphatic heterocycles. The van der Waals surface area contributed by atoms with Crippen LogP contribution in [-0.4, -0.2) is 69.0 Å². The first-order valence-corrected chi connectivity index (χ1v) is 13.5. The minimum atomic E-state index is -3.97. The Kier molecular flexibility index (Phi) is 7.99. The lowest BCUT2D eigenvalue weighted by molar-refractivity contribution is 0.0138. The van der Waals surface area contributed by atoms with Crippen LogP contribution in [0.15, 0.2) is 18.7 Å². The predicted octanol–water partition coefficient (Wildman–Crippen LogP) is 3.27. The lowest BCUT2D eigenvalue weighted by Gasteiger charge is -2.35. The van der Waals surface area contributed by atoms with Crippen LogP contribution in [-0.2, 0) is 20.3 Å². The standard InChI is InChI=1S/C22H26ClF2N7O4S/c1-11-17(22(36-4)29-10-28-11)32-16(30-31-21(32)15-6-5-14(15)19(24)25)9-37(33,34)12(2)18(35-3)20-26-7-13(23)8-27-20/h7-8,10,12,14-15,18-19H,5-6,9H2,1-4H3/t12-,14-,15?,18-/m0/s1. The number of aromatic nitrogens is 7. The van der Waals surface area contributed by atoms with Crippen molar-refractivity contribution in [3.05, 3.63) is 46.9 Å². The van der Waals surface area contributed by atoms with Gasteiger partial charge in [-0.1, -0.05) is 11.6 Å². The van der Waals surface area contributed by atoms with Gasteiger partial charge in [0.2, 0.25) is 12.3 Å². The summed E-state index contributed by atoms with van der Waals surface area (Å²) in [5.74, 6) is -1.58. The molecular weight excluding hydrogens is 532 g/mol. The van der Waals surface area contributed by atoms with Gasteiger partial charge in [0, 0.05) is 31.3 Å². The van der Waals surface area contributed by atoms with Crippen molar-refractivity contribution in [2.24, 2.45) is 5.92 Å². The molecule has 0 amide bonds. The molecule has 1 aliphatic carbocycles. The number of halogens is 3. The third kappa shape index (κ3) is 5.27. The topological polar surface area (TPSA) is 135 Å². The first-order chi connectivity index (χ1) is 17.6. The van der Waals surface area contributed by atoms with Crippen LogP contribution in [0.1, 0.15) is 55.0 Å². The molecule has 11 nitrogen and oxygen atoms in total. The van der Waals surface area contributed by atoms with Gasteiger partial charge in [-0.15, -0.1) is 10.2 Å². The van der Waals surface area contributed by atoms with Crippen LogP contribution in [0.2, 0.25) is 5.02 Å². The van der Waals surface area contributed by atoms with E-state index in [9.17, 15) is 17.2 Å². The summed E-state index contributed by atoms with van der Waals surface area (Å²) in [7, 11) is -1.22. The number of aryl methyl sites for hydroxylation is 1. The molecule has 0 aromatic carbocycles. The highest BCUT2D eigenvalue weighted by atomic mass is 35.5. The Morgan fingerprint density at radius 2 is 1.84 bits per heavy atom. The van der Waals surface area contributed by atoms with Crippen LogP contribution in [0.4, 0.5) is 8.78 Å². The second-order valence-electron chi connectivity index (χ2n) is 8.74. The van der Waals surface area contributed by atoms with Gasteiger partial charge in [0.15, 0.2) is 21.5 Å². The van der Waals surface area contributed by atoms with Crippen molar-refractivity contribution >= 4 is 21.4 Å². The summed E-state index contributed by atoms with van der Waals surface area (Å²) in [6, 6.07) is 0. The Bertz CT molecular complexity index is 1360. The van der Waals surface area contributed by atoms with Crippen LogP contribution in [0.5, 0.6) is 5.88 Å². The van der Waals surface area contributed by atoms with Crippen LogP contribution < -0.4 is 4.74 Å². The average molecular weight is 558 g/mol. The summed E-state index contributed by atoms with van der Waals surface area (Å²) in [6.07, 6.45) is 1.24. The van der Waals surface area contributed by atoms with E-state index in [1.54, 1.807) is 6.92 Å². The van der Waals surface area contributed by atoms with E-state index in [0.29, 0.717) is 29.2 Å². The molecule has 1 saturated carbocycles. The van der Waals surface area contributed by atoms with Crippen molar-refractivity contribution < 1.29 is 26.7 Å². The summed E-state index contributed by atoms with van der Waals surface area (Å²) < 4.78 is 66.7. The molecule has 4 atom stereocenters. The number of ether oxygens (including phenoxy) is 2. The molecule has 200 valence electrons. The van der Waals surface area contributed by atoms with E-state index in [-0.39, 0.29) is 23.4 Å². The van der Waals surface area contributed by atoms with E-state index >= 15 is 0 Å². The average Bonchev–Trinajstić information content (AvgIpc) is 3.20. The molecule has 1 aliphatic rings. The Labute approximate surface area is 217 Å². The monoisotopic (exact) mass is 557 g/mol. The Balaban J connectivity index is 1.77. The largest absolute Gasteiger partial charge is 0.479 e. The van der Waals surface area contributed by atoms with E-state index in [0.717, 1.165) is 0 Å². The summed E-state index contributed by atoms with van der Waals surface area (Å²) >= 11 is 5.85. The zero-order valence-electron chi connectivity index (χ0n) is 20.5. The maximum absolute atomic E-state index is 13.6. The Morgan fingerprint density at radius 3 is 2.41 bits per heavy atom. The number of methoxy groups -OCH3 is 2. The molecule has 1 unspecified atom stereocenters. The quantitative estimate of drug-likeness (QED) is 0.365. The van der Waals surface area contributed by atoms with Gasteiger partial charge >= 0.3 is 0 Å². The molecular formula is C22H26ClF2N7O4S. The predicted molar refractivity (Wildman–Crippen MR) is 129 cm³/mol. The number of hydrogen-bond donors (Lipinski definition) is 0. The molecule has 4 rings (SSSR count). The molecule has 0 bridgehead atoms. The molecule has 0 radical (unpaired) electrons. The van der Waals surface area contributed by atoms with Gasteiger partial charge in [-0.2, -0.15) is 4.98 Å². The lowest BCUT2D eigenvalue weighted by atomic mass is 9.73. The molecule has 3 heterocycles. The minimum absolute atomic E-state index is 0.0184. The van der Waals surface area contributed by atoms with Gasteiger partial charge in [-0.25, -0.2) is 32.2 Å². The van der Waals surface area contributed by atoms with Gasteiger partial charge < -0.3 is 9.47 Å². The highest BCUT2D eigenvalue weighted by molar-refractivity contribution is 7.91. The summed E-state index contributed by atoms with van der Waals surface area (Å²) in [4.78, 5) is 16.5. The molecule has 15 heteroatoms. The van der Waals surface area contributed by atoms with Gasteiger partial charge in [-0.05, 0) is 26.7 Å². The first kappa shape index (κ1) is 27.2. The zero-order chi connectivity index (χ0) is 26.9. The van der Waals surface area contributed by atoms with Crippen LogP contribution in [0.3, 0.4) is 0 Å². The summed E-state index contributed by atoms with van der Waals surface area (Å²) in [5.41, 5.74) is 0.740. The van der Waals surface area contributed by atoms with E-state index in [2.05, 4.69) is 30.1 Å². The number of nitrogens with zero attached hydrogens (tertiary/aromatic N) is 7. The molecule has 37 heavy (non-hydrogen) atoms. The fourth-order valence-electron chi connectivity index (χ4n) is 4.38. The van der Waals surface area contributed by atoms with Crippen molar-refractivity contribution in [1.82, 2.24) is 34.7 Å². The number of rotatable bonds is 10. The van der Waals surface area contributed by atoms with E-state index in [1.807, 2.05) is 0 Å². The van der Waals surface area contributed by atoms with E-state index in [1.165, 1.54) is 44.4 Å². The second-order valence-corrected chi connectivity index (χ2v) is 11.5. The molecule has 0 spiro atoms. The van der Waals surface area contributed by atoms with Gasteiger partial charge in [-0.3, -0.25) is 4.57 Å². The normalized spacial score (nSPS) is 19.5. The fourth-order valence-corrected chi connectivity index (χ4v) is 5.90.